The van der Waals surface area contributed by atoms with Crippen LogP contribution in [-0.2, 0) is 0 Å². The minimum absolute atomic E-state index is 0.342. The lowest BCUT2D eigenvalue weighted by Gasteiger charge is -2.06. The molecule has 0 amide bonds. The van der Waals surface area contributed by atoms with Gasteiger partial charge in [0.15, 0.2) is 0 Å². The summed E-state index contributed by atoms with van der Waals surface area (Å²) in [6, 6.07) is 7.02. The number of rotatable bonds is 4. The average Bonchev–Trinajstić information content (AvgIpc) is 2.34. The fourth-order valence-corrected chi connectivity index (χ4v) is 1.22. The van der Waals surface area contributed by atoms with E-state index in [1.165, 1.54) is 0 Å². The molecule has 0 radical (unpaired) electrons. The van der Waals surface area contributed by atoms with Crippen molar-refractivity contribution < 1.29 is 4.74 Å². The molecule has 0 aliphatic rings. The molecule has 16 heavy (non-hydrogen) atoms. The minimum Gasteiger partial charge on any atom is -0.481 e. The van der Waals surface area contributed by atoms with Crippen molar-refractivity contribution in [3.63, 3.8) is 0 Å². The predicted molar refractivity (Wildman–Crippen MR) is 64.2 cm³/mol. The Morgan fingerprint density at radius 2 is 2.25 bits per heavy atom. The van der Waals surface area contributed by atoms with Crippen LogP contribution < -0.4 is 4.74 Å². The molecule has 0 bridgehead atoms. The zero-order chi connectivity index (χ0) is 11.8. The van der Waals surface area contributed by atoms with Gasteiger partial charge >= 0.3 is 0 Å². The molecule has 1 unspecified atom stereocenters. The Morgan fingerprint density at radius 3 is 2.94 bits per heavy atom. The van der Waals surface area contributed by atoms with Crippen LogP contribution in [0.1, 0.15) is 31.9 Å². The second kappa shape index (κ2) is 6.62. The first-order chi connectivity index (χ1) is 7.77. The van der Waals surface area contributed by atoms with Crippen LogP contribution in [0.5, 0.6) is 5.75 Å². The molecule has 0 aliphatic heterocycles. The van der Waals surface area contributed by atoms with Gasteiger partial charge in [-0.25, -0.2) is 0 Å². The number of hydrogen-bond acceptors (Lipinski definition) is 3. The second-order valence-electron chi connectivity index (χ2n) is 3.35. The maximum Gasteiger partial charge on any atom is 0.149 e. The van der Waals surface area contributed by atoms with Gasteiger partial charge in [-0.1, -0.05) is 30.2 Å². The number of benzene rings is 1. The quantitative estimate of drug-likeness (QED) is 0.573. The summed E-state index contributed by atoms with van der Waals surface area (Å²) in [5.41, 5.74) is 0.857. The minimum atomic E-state index is -0.342. The van der Waals surface area contributed by atoms with Crippen molar-refractivity contribution in [2.45, 2.75) is 26.3 Å². The number of nitrogens with zero attached hydrogens (tertiary/aromatic N) is 1. The van der Waals surface area contributed by atoms with Crippen LogP contribution in [0, 0.1) is 16.7 Å². The van der Waals surface area contributed by atoms with Gasteiger partial charge in [0.2, 0.25) is 0 Å². The summed E-state index contributed by atoms with van der Waals surface area (Å²) in [4.78, 5) is 10.4. The molecule has 0 spiro atoms. The molecular weight excluding hydrogens is 202 g/mol. The van der Waals surface area contributed by atoms with Crippen LogP contribution in [0.3, 0.4) is 0 Å². The number of ether oxygens (including phenoxy) is 1. The van der Waals surface area contributed by atoms with E-state index in [2.05, 4.69) is 17.0 Å². The highest BCUT2D eigenvalue weighted by molar-refractivity contribution is 5.30. The van der Waals surface area contributed by atoms with E-state index in [0.29, 0.717) is 6.61 Å². The number of nitroso groups, excluding NO2 is 1. The van der Waals surface area contributed by atoms with Crippen molar-refractivity contribution >= 4 is 0 Å². The monoisotopic (exact) mass is 217 g/mol. The third kappa shape index (κ3) is 3.74. The largest absolute Gasteiger partial charge is 0.481 e. The SMILES string of the molecule is CCC#CCOc1cccc(C(C)N=O)c1. The van der Waals surface area contributed by atoms with Crippen LogP contribution >= 0.6 is 0 Å². The summed E-state index contributed by atoms with van der Waals surface area (Å²) >= 11 is 0. The molecule has 84 valence electrons. The van der Waals surface area contributed by atoms with E-state index >= 15 is 0 Å². The predicted octanol–water partition coefficient (Wildman–Crippen LogP) is 3.31. The van der Waals surface area contributed by atoms with E-state index in [0.717, 1.165) is 17.7 Å². The molecule has 1 aromatic rings. The highest BCUT2D eigenvalue weighted by Crippen LogP contribution is 2.21. The van der Waals surface area contributed by atoms with E-state index in [4.69, 9.17) is 4.74 Å². The Balaban J connectivity index is 2.63. The van der Waals surface area contributed by atoms with E-state index in [1.54, 1.807) is 6.92 Å². The van der Waals surface area contributed by atoms with Crippen LogP contribution in [0.2, 0.25) is 0 Å². The van der Waals surface area contributed by atoms with Gasteiger partial charge in [-0.3, -0.25) is 0 Å². The van der Waals surface area contributed by atoms with E-state index in [-0.39, 0.29) is 6.04 Å². The zero-order valence-corrected chi connectivity index (χ0v) is 9.56. The molecule has 1 atom stereocenters. The summed E-state index contributed by atoms with van der Waals surface area (Å²) < 4.78 is 5.43. The normalized spacial score (nSPS) is 11.1. The first-order valence-corrected chi connectivity index (χ1v) is 5.29. The zero-order valence-electron chi connectivity index (χ0n) is 9.56. The Labute approximate surface area is 95.8 Å². The first-order valence-electron chi connectivity index (χ1n) is 5.29. The van der Waals surface area contributed by atoms with Gasteiger partial charge in [-0.05, 0) is 24.6 Å². The molecule has 0 N–H and O–H groups in total. The van der Waals surface area contributed by atoms with Crippen LogP contribution in [0.15, 0.2) is 29.4 Å². The molecule has 0 aliphatic carbocycles. The Bertz CT molecular complexity index is 404. The summed E-state index contributed by atoms with van der Waals surface area (Å²) in [6.45, 7) is 4.12. The summed E-state index contributed by atoms with van der Waals surface area (Å²) in [6.07, 6.45) is 0.829. The van der Waals surface area contributed by atoms with E-state index < -0.39 is 0 Å². The molecule has 1 aromatic carbocycles. The van der Waals surface area contributed by atoms with Crippen molar-refractivity contribution in [2.75, 3.05) is 6.61 Å². The molecule has 0 aromatic heterocycles. The van der Waals surface area contributed by atoms with Crippen molar-refractivity contribution in [1.82, 2.24) is 0 Å². The average molecular weight is 217 g/mol. The van der Waals surface area contributed by atoms with Gasteiger partial charge in [0.25, 0.3) is 0 Å². The van der Waals surface area contributed by atoms with Gasteiger partial charge in [0, 0.05) is 6.42 Å². The topological polar surface area (TPSA) is 38.7 Å². The molecule has 0 fully saturated rings. The molecule has 3 heteroatoms. The molecule has 1 rings (SSSR count). The highest BCUT2D eigenvalue weighted by atomic mass is 16.5. The van der Waals surface area contributed by atoms with Crippen LogP contribution in [-0.4, -0.2) is 6.61 Å². The summed E-state index contributed by atoms with van der Waals surface area (Å²) in [5.74, 6) is 6.53. The molecular formula is C13H15NO2. The van der Waals surface area contributed by atoms with Crippen molar-refractivity contribution in [2.24, 2.45) is 5.18 Å². The van der Waals surface area contributed by atoms with Crippen LogP contribution in [0.4, 0.5) is 0 Å². The molecule has 3 nitrogen and oxygen atoms in total. The summed E-state index contributed by atoms with van der Waals surface area (Å²) in [7, 11) is 0. The van der Waals surface area contributed by atoms with Crippen molar-refractivity contribution in [3.05, 3.63) is 34.7 Å². The molecule has 0 heterocycles. The van der Waals surface area contributed by atoms with Gasteiger partial charge in [0.1, 0.15) is 18.4 Å². The third-order valence-corrected chi connectivity index (χ3v) is 2.11. The lowest BCUT2D eigenvalue weighted by atomic mass is 10.1. The number of hydrogen-bond donors (Lipinski definition) is 0. The van der Waals surface area contributed by atoms with Crippen LogP contribution in [0.25, 0.3) is 0 Å². The van der Waals surface area contributed by atoms with Gasteiger partial charge in [0.05, 0.1) is 0 Å². The summed E-state index contributed by atoms with van der Waals surface area (Å²) in [5, 5.41) is 2.98. The highest BCUT2D eigenvalue weighted by Gasteiger charge is 2.05. The van der Waals surface area contributed by atoms with E-state index in [1.807, 2.05) is 31.2 Å². The van der Waals surface area contributed by atoms with Crippen molar-refractivity contribution in [1.29, 1.82) is 0 Å². The Hall–Kier alpha value is -1.82. The third-order valence-electron chi connectivity index (χ3n) is 2.11. The van der Waals surface area contributed by atoms with Gasteiger partial charge in [-0.2, -0.15) is 4.91 Å². The lowest BCUT2D eigenvalue weighted by Crippen LogP contribution is -1.95. The van der Waals surface area contributed by atoms with Gasteiger partial charge < -0.3 is 4.74 Å². The fraction of sp³-hybridized carbons (Fsp3) is 0.385. The molecule has 0 saturated carbocycles. The fourth-order valence-electron chi connectivity index (χ4n) is 1.22. The Morgan fingerprint density at radius 1 is 1.44 bits per heavy atom. The maximum absolute atomic E-state index is 10.4. The lowest BCUT2D eigenvalue weighted by molar-refractivity contribution is 0.369. The van der Waals surface area contributed by atoms with Crippen molar-refractivity contribution in [3.8, 4) is 17.6 Å². The van der Waals surface area contributed by atoms with E-state index in [9.17, 15) is 4.91 Å². The Kier molecular flexibility index (Phi) is 5.07. The smallest absolute Gasteiger partial charge is 0.149 e. The van der Waals surface area contributed by atoms with Gasteiger partial charge in [-0.15, -0.1) is 5.92 Å². The maximum atomic E-state index is 10.4. The second-order valence-corrected chi connectivity index (χ2v) is 3.35. The molecule has 0 saturated heterocycles. The standard InChI is InChI=1S/C13H15NO2/c1-3-4-5-9-16-13-8-6-7-12(10-13)11(2)14-15/h6-8,10-11H,3,9H2,1-2H3. The first kappa shape index (κ1) is 12.3.